The van der Waals surface area contributed by atoms with Gasteiger partial charge in [-0.3, -0.25) is 0 Å². The number of aliphatic hydroxyl groups excluding tert-OH is 1. The number of nitrogens with one attached hydrogen (secondary N) is 1. The summed E-state index contributed by atoms with van der Waals surface area (Å²) in [7, 11) is 0. The minimum atomic E-state index is -0.128. The van der Waals surface area contributed by atoms with Crippen LogP contribution in [-0.2, 0) is 0 Å². The monoisotopic (exact) mass is 299 g/mol. The first-order valence-electron chi connectivity index (χ1n) is 6.88. The van der Waals surface area contributed by atoms with Gasteiger partial charge in [-0.15, -0.1) is 0 Å². The summed E-state index contributed by atoms with van der Waals surface area (Å²) in [5.41, 5.74) is 1.90. The summed E-state index contributed by atoms with van der Waals surface area (Å²) in [6.07, 6.45) is 0. The first-order chi connectivity index (χ1) is 10.2. The molecule has 108 valence electrons. The fraction of sp³-hybridized carbons (Fsp3) is 0.222. The summed E-state index contributed by atoms with van der Waals surface area (Å²) in [5, 5.41) is 13.4. The highest BCUT2D eigenvalue weighted by Gasteiger charge is 2.13. The number of hydrogen-bond acceptors (Lipinski definition) is 2. The van der Waals surface area contributed by atoms with Gasteiger partial charge < -0.3 is 10.4 Å². The molecule has 2 nitrogen and oxygen atoms in total. The lowest BCUT2D eigenvalue weighted by atomic mass is 10.0. The first kappa shape index (κ1) is 15.4. The molecule has 21 heavy (non-hydrogen) atoms. The normalized spacial score (nSPS) is 12.9. The van der Waals surface area contributed by atoms with Gasteiger partial charge in [0.1, 0.15) is 0 Å². The van der Waals surface area contributed by atoms with Gasteiger partial charge in [0, 0.05) is 28.8 Å². The largest absolute Gasteiger partial charge is 0.396 e. The van der Waals surface area contributed by atoms with Crippen LogP contribution in [0.4, 0.5) is 5.69 Å². The molecule has 1 unspecified atom stereocenters. The van der Waals surface area contributed by atoms with Gasteiger partial charge >= 0.3 is 0 Å². The van der Waals surface area contributed by atoms with E-state index in [0.717, 1.165) is 11.3 Å². The lowest BCUT2D eigenvalue weighted by molar-refractivity contribution is 0.233. The molecule has 2 N–H and O–H groups in total. The van der Waals surface area contributed by atoms with Crippen molar-refractivity contribution in [3.8, 4) is 11.8 Å². The van der Waals surface area contributed by atoms with Gasteiger partial charge in [0.05, 0.1) is 6.04 Å². The molecule has 0 heterocycles. The van der Waals surface area contributed by atoms with Crippen LogP contribution in [0.2, 0.25) is 5.02 Å². The zero-order valence-corrected chi connectivity index (χ0v) is 12.6. The molecule has 0 spiro atoms. The van der Waals surface area contributed by atoms with E-state index in [-0.39, 0.29) is 18.6 Å². The van der Waals surface area contributed by atoms with Gasteiger partial charge in [0.15, 0.2) is 0 Å². The molecular weight excluding hydrogens is 282 g/mol. The summed E-state index contributed by atoms with van der Waals surface area (Å²) in [5.74, 6) is 6.36. The highest BCUT2D eigenvalue weighted by atomic mass is 35.5. The molecule has 0 bridgehead atoms. The second-order valence-corrected chi connectivity index (χ2v) is 5.36. The SMILES string of the molecule is C[C@H](CO)C(C#Cc1ccccc1)Nc1ccc(Cl)cc1. The zero-order valence-electron chi connectivity index (χ0n) is 11.9. The van der Waals surface area contributed by atoms with Gasteiger partial charge in [-0.05, 0) is 36.4 Å². The number of rotatable bonds is 4. The average Bonchev–Trinajstić information content (AvgIpc) is 2.53. The van der Waals surface area contributed by atoms with E-state index in [2.05, 4.69) is 17.2 Å². The smallest absolute Gasteiger partial charge is 0.0928 e. The van der Waals surface area contributed by atoms with E-state index in [1.807, 2.05) is 61.5 Å². The molecule has 0 aliphatic rings. The Morgan fingerprint density at radius 2 is 1.76 bits per heavy atom. The van der Waals surface area contributed by atoms with Crippen LogP contribution in [0.15, 0.2) is 54.6 Å². The third-order valence-electron chi connectivity index (χ3n) is 3.17. The van der Waals surface area contributed by atoms with E-state index in [4.69, 9.17) is 11.6 Å². The van der Waals surface area contributed by atoms with Gasteiger partial charge in [-0.2, -0.15) is 0 Å². The van der Waals surface area contributed by atoms with Gasteiger partial charge in [-0.1, -0.05) is 48.6 Å². The van der Waals surface area contributed by atoms with E-state index < -0.39 is 0 Å². The van der Waals surface area contributed by atoms with Crippen LogP contribution in [0, 0.1) is 17.8 Å². The Morgan fingerprint density at radius 3 is 2.38 bits per heavy atom. The highest BCUT2D eigenvalue weighted by Crippen LogP contribution is 2.16. The maximum Gasteiger partial charge on any atom is 0.0928 e. The van der Waals surface area contributed by atoms with Crippen molar-refractivity contribution >= 4 is 17.3 Å². The fourth-order valence-electron chi connectivity index (χ4n) is 1.83. The number of benzene rings is 2. The molecule has 2 aromatic rings. The molecule has 2 rings (SSSR count). The van der Waals surface area contributed by atoms with Crippen LogP contribution in [0.5, 0.6) is 0 Å². The van der Waals surface area contributed by atoms with Gasteiger partial charge in [0.25, 0.3) is 0 Å². The molecule has 0 amide bonds. The zero-order chi connectivity index (χ0) is 15.1. The van der Waals surface area contributed by atoms with Crippen molar-refractivity contribution in [2.75, 3.05) is 11.9 Å². The van der Waals surface area contributed by atoms with E-state index in [1.54, 1.807) is 0 Å². The molecule has 0 saturated heterocycles. The molecule has 0 fully saturated rings. The van der Waals surface area contributed by atoms with Crippen LogP contribution in [0.3, 0.4) is 0 Å². The quantitative estimate of drug-likeness (QED) is 0.842. The predicted molar refractivity (Wildman–Crippen MR) is 88.4 cm³/mol. The van der Waals surface area contributed by atoms with Crippen molar-refractivity contribution in [3.05, 3.63) is 65.2 Å². The maximum absolute atomic E-state index is 9.40. The van der Waals surface area contributed by atoms with Crippen LogP contribution in [0.25, 0.3) is 0 Å². The third-order valence-corrected chi connectivity index (χ3v) is 3.42. The van der Waals surface area contributed by atoms with E-state index >= 15 is 0 Å². The van der Waals surface area contributed by atoms with Crippen molar-refractivity contribution in [1.82, 2.24) is 0 Å². The highest BCUT2D eigenvalue weighted by molar-refractivity contribution is 6.30. The standard InChI is InChI=1S/C18H18ClNO/c1-14(13-21)18(12-7-15-5-3-2-4-6-15)20-17-10-8-16(19)9-11-17/h2-6,8-11,14,18,20-21H,13H2,1H3/t14-,18?/m1/s1. The topological polar surface area (TPSA) is 32.3 Å². The van der Waals surface area contributed by atoms with Crippen LogP contribution < -0.4 is 5.32 Å². The Kier molecular flexibility index (Phi) is 5.68. The van der Waals surface area contributed by atoms with Crippen molar-refractivity contribution in [2.24, 2.45) is 5.92 Å². The molecule has 0 aliphatic carbocycles. The molecule has 0 radical (unpaired) electrons. The molecular formula is C18H18ClNO. The number of hydrogen-bond donors (Lipinski definition) is 2. The van der Waals surface area contributed by atoms with Crippen molar-refractivity contribution < 1.29 is 5.11 Å². The minimum absolute atomic E-state index is 0.0249. The summed E-state index contributed by atoms with van der Waals surface area (Å²) in [4.78, 5) is 0. The van der Waals surface area contributed by atoms with E-state index in [9.17, 15) is 5.11 Å². The van der Waals surface area contributed by atoms with Crippen LogP contribution in [0.1, 0.15) is 12.5 Å². The first-order valence-corrected chi connectivity index (χ1v) is 7.26. The third kappa shape index (κ3) is 4.82. The second-order valence-electron chi connectivity index (χ2n) is 4.92. The molecule has 0 aromatic heterocycles. The number of aliphatic hydroxyl groups is 1. The van der Waals surface area contributed by atoms with E-state index in [1.165, 1.54) is 0 Å². The Bertz CT molecular complexity index is 613. The van der Waals surface area contributed by atoms with Gasteiger partial charge in [-0.25, -0.2) is 0 Å². The van der Waals surface area contributed by atoms with Gasteiger partial charge in [0.2, 0.25) is 0 Å². The molecule has 3 heteroatoms. The molecule has 0 aliphatic heterocycles. The Balaban J connectivity index is 2.15. The average molecular weight is 300 g/mol. The Hall–Kier alpha value is -1.95. The summed E-state index contributed by atoms with van der Waals surface area (Å²) in [6.45, 7) is 2.04. The van der Waals surface area contributed by atoms with Crippen LogP contribution in [-0.4, -0.2) is 17.8 Å². The maximum atomic E-state index is 9.40. The van der Waals surface area contributed by atoms with Crippen molar-refractivity contribution in [3.63, 3.8) is 0 Å². The molecule has 2 aromatic carbocycles. The lowest BCUT2D eigenvalue weighted by Crippen LogP contribution is -2.28. The minimum Gasteiger partial charge on any atom is -0.396 e. The van der Waals surface area contributed by atoms with E-state index in [0.29, 0.717) is 5.02 Å². The summed E-state index contributed by atoms with van der Waals surface area (Å²) < 4.78 is 0. The Labute approximate surface area is 130 Å². The molecule has 0 saturated carbocycles. The van der Waals surface area contributed by atoms with Crippen molar-refractivity contribution in [1.29, 1.82) is 0 Å². The number of anilines is 1. The van der Waals surface area contributed by atoms with Crippen LogP contribution >= 0.6 is 11.6 Å². The Morgan fingerprint density at radius 1 is 1.10 bits per heavy atom. The second kappa shape index (κ2) is 7.73. The lowest BCUT2D eigenvalue weighted by Gasteiger charge is -2.19. The number of halogens is 1. The summed E-state index contributed by atoms with van der Waals surface area (Å²) >= 11 is 5.88. The fourth-order valence-corrected chi connectivity index (χ4v) is 1.96. The van der Waals surface area contributed by atoms with Crippen molar-refractivity contribution in [2.45, 2.75) is 13.0 Å². The molecule has 2 atom stereocenters. The summed E-state index contributed by atoms with van der Waals surface area (Å²) in [6, 6.07) is 17.2. The predicted octanol–water partition coefficient (Wildman–Crippen LogP) is 3.80.